The first-order valence-corrected chi connectivity index (χ1v) is 10.1. The van der Waals surface area contributed by atoms with Gasteiger partial charge in [-0.15, -0.1) is 6.58 Å². The number of ether oxygens (including phenoxy) is 3. The maximum absolute atomic E-state index is 12.5. The first-order valence-electron chi connectivity index (χ1n) is 10.1. The molecule has 1 N–H and O–H groups in total. The number of hydrogen-bond donors (Lipinski definition) is 1. The van der Waals surface area contributed by atoms with Gasteiger partial charge in [0.05, 0.1) is 56.2 Å². The number of fused-ring (bicyclic) bond motifs is 5. The fraction of sp³-hybridized carbons (Fsp3) is 0.478. The van der Waals surface area contributed by atoms with Crippen LogP contribution in [0.3, 0.4) is 0 Å². The molecule has 0 saturated carbocycles. The average Bonchev–Trinajstić information content (AvgIpc) is 3.09. The van der Waals surface area contributed by atoms with Crippen molar-refractivity contribution in [1.29, 1.82) is 0 Å². The molecule has 3 heterocycles. The lowest BCUT2D eigenvalue weighted by Crippen LogP contribution is -2.60. The normalized spacial score (nSPS) is 30.5. The van der Waals surface area contributed by atoms with Crippen LogP contribution in [0.15, 0.2) is 47.7 Å². The van der Waals surface area contributed by atoms with Crippen LogP contribution in [-0.2, 0) is 19.9 Å². The van der Waals surface area contributed by atoms with Gasteiger partial charge >= 0.3 is 5.97 Å². The first kappa shape index (κ1) is 20.6. The third kappa shape index (κ3) is 3.04. The molecule has 0 aliphatic carbocycles. The second-order valence-corrected chi connectivity index (χ2v) is 8.01. The monoisotopic (exact) mass is 412 g/mol. The molecule has 4 rings (SSSR count). The van der Waals surface area contributed by atoms with Gasteiger partial charge in [-0.25, -0.2) is 4.79 Å². The highest BCUT2D eigenvalue weighted by molar-refractivity contribution is 6.05. The van der Waals surface area contributed by atoms with E-state index in [9.17, 15) is 9.90 Å². The summed E-state index contributed by atoms with van der Waals surface area (Å²) < 4.78 is 15.7. The summed E-state index contributed by atoms with van der Waals surface area (Å²) >= 11 is 0. The Kier molecular flexibility index (Phi) is 5.42. The van der Waals surface area contributed by atoms with E-state index in [0.29, 0.717) is 24.2 Å². The van der Waals surface area contributed by atoms with Crippen LogP contribution in [0.25, 0.3) is 0 Å². The number of benzene rings is 1. The SMILES string of the molecule is C=C[C@H]1CN2CC[C@@]3(O)C(=Nc4cccc(OC)c43)[C@@H]2C[C@@H]1/C(=C\OC)C(=O)OC. The van der Waals surface area contributed by atoms with Crippen LogP contribution in [0.5, 0.6) is 5.75 Å². The lowest BCUT2D eigenvalue weighted by Gasteiger charge is -2.49. The van der Waals surface area contributed by atoms with E-state index in [1.54, 1.807) is 7.11 Å². The summed E-state index contributed by atoms with van der Waals surface area (Å²) in [7, 11) is 4.49. The number of esters is 1. The predicted octanol–water partition coefficient (Wildman–Crippen LogP) is 2.57. The van der Waals surface area contributed by atoms with Gasteiger partial charge in [0.15, 0.2) is 0 Å². The van der Waals surface area contributed by atoms with E-state index in [1.165, 1.54) is 20.5 Å². The number of methoxy groups -OCH3 is 3. The fourth-order valence-corrected chi connectivity index (χ4v) is 5.21. The molecule has 0 bridgehead atoms. The molecule has 0 aromatic heterocycles. The van der Waals surface area contributed by atoms with E-state index in [4.69, 9.17) is 19.2 Å². The molecule has 2 fully saturated rings. The van der Waals surface area contributed by atoms with Gasteiger partial charge in [-0.1, -0.05) is 12.1 Å². The van der Waals surface area contributed by atoms with Crippen molar-refractivity contribution in [2.24, 2.45) is 16.8 Å². The number of rotatable bonds is 5. The molecule has 1 aromatic carbocycles. The second kappa shape index (κ2) is 7.89. The zero-order valence-corrected chi connectivity index (χ0v) is 17.6. The van der Waals surface area contributed by atoms with Crippen molar-refractivity contribution >= 4 is 17.4 Å². The van der Waals surface area contributed by atoms with Crippen LogP contribution in [0.1, 0.15) is 18.4 Å². The zero-order valence-electron chi connectivity index (χ0n) is 17.6. The molecule has 1 aromatic rings. The number of carbonyl (C=O) groups is 1. The Morgan fingerprint density at radius 2 is 2.17 bits per heavy atom. The topological polar surface area (TPSA) is 80.6 Å². The molecule has 160 valence electrons. The van der Waals surface area contributed by atoms with Crippen LogP contribution < -0.4 is 4.74 Å². The second-order valence-electron chi connectivity index (χ2n) is 8.01. The molecule has 7 heteroatoms. The smallest absolute Gasteiger partial charge is 0.337 e. The van der Waals surface area contributed by atoms with Gasteiger partial charge < -0.3 is 19.3 Å². The summed E-state index contributed by atoms with van der Waals surface area (Å²) in [6, 6.07) is 5.54. The molecule has 30 heavy (non-hydrogen) atoms. The molecule has 3 aliphatic rings. The number of hydrogen-bond acceptors (Lipinski definition) is 7. The zero-order chi connectivity index (χ0) is 21.5. The maximum Gasteiger partial charge on any atom is 0.337 e. The Bertz CT molecular complexity index is 924. The number of aliphatic hydroxyl groups is 1. The Hall–Kier alpha value is -2.64. The lowest BCUT2D eigenvalue weighted by atomic mass is 9.71. The van der Waals surface area contributed by atoms with Crippen molar-refractivity contribution in [2.75, 3.05) is 34.4 Å². The van der Waals surface area contributed by atoms with E-state index in [2.05, 4.69) is 11.5 Å². The Labute approximate surface area is 176 Å². The third-order valence-corrected chi connectivity index (χ3v) is 6.63. The highest BCUT2D eigenvalue weighted by atomic mass is 16.5. The molecular formula is C23H28N2O5. The van der Waals surface area contributed by atoms with Crippen LogP contribution in [0.4, 0.5) is 5.69 Å². The van der Waals surface area contributed by atoms with Crippen molar-refractivity contribution in [2.45, 2.75) is 24.5 Å². The third-order valence-electron chi connectivity index (χ3n) is 6.63. The first-order chi connectivity index (χ1) is 14.5. The van der Waals surface area contributed by atoms with Gasteiger partial charge in [0, 0.05) is 19.0 Å². The molecule has 2 saturated heterocycles. The quantitative estimate of drug-likeness (QED) is 0.347. The predicted molar refractivity (Wildman–Crippen MR) is 113 cm³/mol. The summed E-state index contributed by atoms with van der Waals surface area (Å²) in [5, 5.41) is 11.7. The molecule has 7 nitrogen and oxygen atoms in total. The van der Waals surface area contributed by atoms with Crippen LogP contribution in [0.2, 0.25) is 0 Å². The summed E-state index contributed by atoms with van der Waals surface area (Å²) in [6.45, 7) is 5.43. The number of aliphatic imine (C=N–C) groups is 1. The number of nitrogens with zero attached hydrogens (tertiary/aromatic N) is 2. The van der Waals surface area contributed by atoms with Crippen molar-refractivity contribution < 1.29 is 24.1 Å². The molecule has 3 aliphatic heterocycles. The van der Waals surface area contributed by atoms with Gasteiger partial charge in [0.25, 0.3) is 0 Å². The minimum Gasteiger partial charge on any atom is -0.504 e. The van der Waals surface area contributed by atoms with Gasteiger partial charge in [-0.3, -0.25) is 9.89 Å². The number of piperidine rings is 2. The van der Waals surface area contributed by atoms with Crippen molar-refractivity contribution in [3.05, 3.63) is 48.3 Å². The average molecular weight is 412 g/mol. The standard InChI is InChI=1S/C23H28N2O5/c1-5-14-12-25-10-9-23(27)20-17(7-6-8-19(20)29-3)24-21(23)18(25)11-15(14)16(13-28-2)22(26)30-4/h5-8,13-15,18,27H,1,9-12H2,2-4H3/b16-13+/t14-,15-,18-,23-/m0/s1. The lowest BCUT2D eigenvalue weighted by molar-refractivity contribution is -0.137. The fourth-order valence-electron chi connectivity index (χ4n) is 5.21. The van der Waals surface area contributed by atoms with Crippen molar-refractivity contribution in [3.63, 3.8) is 0 Å². The summed E-state index contributed by atoms with van der Waals surface area (Å²) in [4.78, 5) is 19.6. The van der Waals surface area contributed by atoms with Gasteiger partial charge in [-0.2, -0.15) is 0 Å². The minimum absolute atomic E-state index is 0.0619. The van der Waals surface area contributed by atoms with Gasteiger partial charge in [0.1, 0.15) is 11.4 Å². The Morgan fingerprint density at radius 3 is 2.83 bits per heavy atom. The van der Waals surface area contributed by atoms with Gasteiger partial charge in [0.2, 0.25) is 0 Å². The molecule has 0 amide bonds. The van der Waals surface area contributed by atoms with Crippen LogP contribution in [0, 0.1) is 11.8 Å². The van der Waals surface area contributed by atoms with Crippen molar-refractivity contribution in [1.82, 2.24) is 4.90 Å². The highest BCUT2D eigenvalue weighted by Crippen LogP contribution is 2.51. The molecule has 0 unspecified atom stereocenters. The Balaban J connectivity index is 1.73. The Morgan fingerprint density at radius 1 is 1.37 bits per heavy atom. The largest absolute Gasteiger partial charge is 0.504 e. The van der Waals surface area contributed by atoms with Crippen LogP contribution >= 0.6 is 0 Å². The molecular weight excluding hydrogens is 384 g/mol. The molecule has 4 atom stereocenters. The van der Waals surface area contributed by atoms with Gasteiger partial charge in [-0.05, 0) is 30.9 Å². The number of carbonyl (C=O) groups excluding carboxylic acids is 1. The summed E-state index contributed by atoms with van der Waals surface area (Å²) in [5.74, 6) is 0.151. The van der Waals surface area contributed by atoms with E-state index in [0.717, 1.165) is 30.1 Å². The van der Waals surface area contributed by atoms with Crippen molar-refractivity contribution in [3.8, 4) is 5.75 Å². The highest BCUT2D eigenvalue weighted by Gasteiger charge is 2.54. The van der Waals surface area contributed by atoms with E-state index in [-0.39, 0.29) is 17.9 Å². The summed E-state index contributed by atoms with van der Waals surface area (Å²) in [6.07, 6.45) is 4.51. The van der Waals surface area contributed by atoms with E-state index in [1.807, 2.05) is 24.3 Å². The summed E-state index contributed by atoms with van der Waals surface area (Å²) in [5.41, 5.74) is 1.53. The molecule has 0 radical (unpaired) electrons. The maximum atomic E-state index is 12.5. The van der Waals surface area contributed by atoms with Crippen LogP contribution in [-0.4, -0.2) is 62.1 Å². The minimum atomic E-state index is -1.16. The van der Waals surface area contributed by atoms with E-state index >= 15 is 0 Å². The molecule has 0 spiro atoms. The van der Waals surface area contributed by atoms with E-state index < -0.39 is 11.6 Å².